The maximum atomic E-state index is 12.6. The van der Waals surface area contributed by atoms with Crippen LogP contribution in [0.15, 0.2) is 47.4 Å². The SMILES string of the molecule is Cc1ccc(SCCC(=O)Nc2cccc(C(=O)N3CCOCC3)c2)cc1C. The molecule has 1 fully saturated rings. The predicted molar refractivity (Wildman–Crippen MR) is 113 cm³/mol. The number of benzene rings is 2. The molecule has 1 heterocycles. The molecule has 1 saturated heterocycles. The van der Waals surface area contributed by atoms with Gasteiger partial charge >= 0.3 is 0 Å². The second kappa shape index (κ2) is 9.75. The van der Waals surface area contributed by atoms with Gasteiger partial charge in [-0.1, -0.05) is 12.1 Å². The minimum absolute atomic E-state index is 0.0234. The third-order valence-electron chi connectivity index (χ3n) is 4.77. The second-order valence-electron chi connectivity index (χ2n) is 6.88. The van der Waals surface area contributed by atoms with E-state index in [-0.39, 0.29) is 11.8 Å². The van der Waals surface area contributed by atoms with E-state index in [0.717, 1.165) is 0 Å². The van der Waals surface area contributed by atoms with Crippen LogP contribution < -0.4 is 5.32 Å². The summed E-state index contributed by atoms with van der Waals surface area (Å²) < 4.78 is 5.29. The van der Waals surface area contributed by atoms with Crippen LogP contribution >= 0.6 is 11.8 Å². The van der Waals surface area contributed by atoms with Crippen LogP contribution in [0.25, 0.3) is 0 Å². The predicted octanol–water partition coefficient (Wildman–Crippen LogP) is 3.90. The van der Waals surface area contributed by atoms with Crippen LogP contribution in [0.3, 0.4) is 0 Å². The number of carbonyl (C=O) groups is 2. The Bertz CT molecular complexity index is 847. The fourth-order valence-corrected chi connectivity index (χ4v) is 3.92. The van der Waals surface area contributed by atoms with E-state index in [1.165, 1.54) is 16.0 Å². The Hall–Kier alpha value is -2.31. The highest BCUT2D eigenvalue weighted by molar-refractivity contribution is 7.99. The first-order valence-electron chi connectivity index (χ1n) is 9.50. The Morgan fingerprint density at radius 3 is 2.61 bits per heavy atom. The van der Waals surface area contributed by atoms with E-state index in [4.69, 9.17) is 4.74 Å². The summed E-state index contributed by atoms with van der Waals surface area (Å²) in [6, 6.07) is 13.5. The third kappa shape index (κ3) is 5.59. The summed E-state index contributed by atoms with van der Waals surface area (Å²) in [5.74, 6) is 0.637. The van der Waals surface area contributed by atoms with Gasteiger partial charge in [0, 0.05) is 41.4 Å². The van der Waals surface area contributed by atoms with Crippen molar-refractivity contribution < 1.29 is 14.3 Å². The summed E-state index contributed by atoms with van der Waals surface area (Å²) in [5.41, 5.74) is 3.77. The van der Waals surface area contributed by atoms with E-state index >= 15 is 0 Å². The van der Waals surface area contributed by atoms with Gasteiger partial charge in [0.15, 0.2) is 0 Å². The monoisotopic (exact) mass is 398 g/mol. The molecule has 1 aliphatic rings. The van der Waals surface area contributed by atoms with Crippen molar-refractivity contribution in [3.05, 3.63) is 59.2 Å². The van der Waals surface area contributed by atoms with Crippen LogP contribution in [0.5, 0.6) is 0 Å². The van der Waals surface area contributed by atoms with Gasteiger partial charge in [0.1, 0.15) is 0 Å². The molecule has 0 aromatic heterocycles. The Morgan fingerprint density at radius 2 is 1.86 bits per heavy atom. The fourth-order valence-electron chi connectivity index (χ4n) is 2.97. The number of nitrogens with zero attached hydrogens (tertiary/aromatic N) is 1. The lowest BCUT2D eigenvalue weighted by Crippen LogP contribution is -2.40. The number of amides is 2. The molecule has 0 saturated carbocycles. The summed E-state index contributed by atoms with van der Waals surface area (Å²) in [5, 5.41) is 2.90. The molecule has 1 N–H and O–H groups in total. The molecule has 2 aromatic rings. The molecule has 5 nitrogen and oxygen atoms in total. The summed E-state index contributed by atoms with van der Waals surface area (Å²) in [4.78, 5) is 27.8. The first kappa shape index (κ1) is 20.4. The highest BCUT2D eigenvalue weighted by atomic mass is 32.2. The van der Waals surface area contributed by atoms with E-state index in [1.807, 2.05) is 6.07 Å². The van der Waals surface area contributed by atoms with Gasteiger partial charge in [0.2, 0.25) is 5.91 Å². The zero-order valence-corrected chi connectivity index (χ0v) is 17.2. The lowest BCUT2D eigenvalue weighted by molar-refractivity contribution is -0.115. The van der Waals surface area contributed by atoms with Gasteiger partial charge in [-0.25, -0.2) is 0 Å². The van der Waals surface area contributed by atoms with Gasteiger partial charge < -0.3 is 15.0 Å². The van der Waals surface area contributed by atoms with Crippen LogP contribution in [-0.4, -0.2) is 48.8 Å². The maximum Gasteiger partial charge on any atom is 0.254 e. The number of nitrogens with one attached hydrogen (secondary N) is 1. The summed E-state index contributed by atoms with van der Waals surface area (Å²) in [6.45, 7) is 6.53. The standard InChI is InChI=1S/C22H26N2O3S/c1-16-6-7-20(14-17(16)2)28-13-8-21(25)23-19-5-3-4-18(15-19)22(26)24-9-11-27-12-10-24/h3-7,14-15H,8-13H2,1-2H3,(H,23,25). The Balaban J connectivity index is 1.51. The normalized spacial score (nSPS) is 14.0. The van der Waals surface area contributed by atoms with Gasteiger partial charge in [-0.05, 0) is 55.3 Å². The highest BCUT2D eigenvalue weighted by Crippen LogP contribution is 2.22. The minimum atomic E-state index is -0.0488. The van der Waals surface area contributed by atoms with E-state index in [9.17, 15) is 9.59 Å². The number of hydrogen-bond donors (Lipinski definition) is 1. The van der Waals surface area contributed by atoms with Gasteiger partial charge in [0.25, 0.3) is 5.91 Å². The number of morpholine rings is 1. The maximum absolute atomic E-state index is 12.6. The topological polar surface area (TPSA) is 58.6 Å². The van der Waals surface area contributed by atoms with Crippen molar-refractivity contribution in [1.29, 1.82) is 0 Å². The van der Waals surface area contributed by atoms with Crippen molar-refractivity contribution in [2.45, 2.75) is 25.2 Å². The Kier molecular flexibility index (Phi) is 7.12. The highest BCUT2D eigenvalue weighted by Gasteiger charge is 2.18. The van der Waals surface area contributed by atoms with Crippen LogP contribution in [0, 0.1) is 13.8 Å². The molecule has 1 aliphatic heterocycles. The van der Waals surface area contributed by atoms with Crippen molar-refractivity contribution in [3.8, 4) is 0 Å². The van der Waals surface area contributed by atoms with E-state index in [1.54, 1.807) is 34.9 Å². The molecule has 0 spiro atoms. The molecule has 0 bridgehead atoms. The molecule has 0 aliphatic carbocycles. The quantitative estimate of drug-likeness (QED) is 0.750. The number of hydrogen-bond acceptors (Lipinski definition) is 4. The molecular formula is C22H26N2O3S. The van der Waals surface area contributed by atoms with E-state index in [2.05, 4.69) is 37.4 Å². The van der Waals surface area contributed by atoms with Crippen molar-refractivity contribution in [1.82, 2.24) is 4.90 Å². The molecular weight excluding hydrogens is 372 g/mol. The Morgan fingerprint density at radius 1 is 1.07 bits per heavy atom. The summed E-state index contributed by atoms with van der Waals surface area (Å²) in [6.07, 6.45) is 0.416. The molecule has 3 rings (SSSR count). The lowest BCUT2D eigenvalue weighted by atomic mass is 10.1. The first-order chi connectivity index (χ1) is 13.5. The Labute approximate surface area is 170 Å². The van der Waals surface area contributed by atoms with E-state index in [0.29, 0.717) is 49.7 Å². The molecule has 2 amide bonds. The zero-order valence-electron chi connectivity index (χ0n) is 16.4. The van der Waals surface area contributed by atoms with Crippen LogP contribution in [0.2, 0.25) is 0 Å². The molecule has 148 valence electrons. The lowest BCUT2D eigenvalue weighted by Gasteiger charge is -2.27. The van der Waals surface area contributed by atoms with Crippen LogP contribution in [-0.2, 0) is 9.53 Å². The van der Waals surface area contributed by atoms with E-state index < -0.39 is 0 Å². The number of aryl methyl sites for hydroxylation is 2. The number of carbonyl (C=O) groups excluding carboxylic acids is 2. The number of ether oxygens (including phenoxy) is 1. The zero-order chi connectivity index (χ0) is 19.9. The van der Waals surface area contributed by atoms with Crippen molar-refractivity contribution in [3.63, 3.8) is 0 Å². The minimum Gasteiger partial charge on any atom is -0.378 e. The second-order valence-corrected chi connectivity index (χ2v) is 8.05. The van der Waals surface area contributed by atoms with Gasteiger partial charge in [-0.15, -0.1) is 11.8 Å². The average Bonchev–Trinajstić information content (AvgIpc) is 2.71. The molecule has 0 atom stereocenters. The summed E-state index contributed by atoms with van der Waals surface area (Å²) in [7, 11) is 0. The largest absolute Gasteiger partial charge is 0.378 e. The van der Waals surface area contributed by atoms with Crippen molar-refractivity contribution in [2.75, 3.05) is 37.4 Å². The molecule has 0 unspecified atom stereocenters. The molecule has 2 aromatic carbocycles. The molecule has 28 heavy (non-hydrogen) atoms. The van der Waals surface area contributed by atoms with Gasteiger partial charge in [0.05, 0.1) is 13.2 Å². The first-order valence-corrected chi connectivity index (χ1v) is 10.5. The average molecular weight is 399 g/mol. The fraction of sp³-hybridized carbons (Fsp3) is 0.364. The third-order valence-corrected chi connectivity index (χ3v) is 5.76. The van der Waals surface area contributed by atoms with Crippen LogP contribution in [0.1, 0.15) is 27.9 Å². The van der Waals surface area contributed by atoms with Gasteiger partial charge in [-0.3, -0.25) is 9.59 Å². The van der Waals surface area contributed by atoms with Crippen molar-refractivity contribution >= 4 is 29.3 Å². The number of thioether (sulfide) groups is 1. The number of anilines is 1. The number of rotatable bonds is 6. The van der Waals surface area contributed by atoms with Crippen LogP contribution in [0.4, 0.5) is 5.69 Å². The van der Waals surface area contributed by atoms with Gasteiger partial charge in [-0.2, -0.15) is 0 Å². The van der Waals surface area contributed by atoms with Crippen molar-refractivity contribution in [2.24, 2.45) is 0 Å². The molecule has 0 radical (unpaired) electrons. The smallest absolute Gasteiger partial charge is 0.254 e. The summed E-state index contributed by atoms with van der Waals surface area (Å²) >= 11 is 1.68. The molecule has 6 heteroatoms.